The summed E-state index contributed by atoms with van der Waals surface area (Å²) in [7, 11) is 0. The van der Waals surface area contributed by atoms with Crippen LogP contribution in [0.15, 0.2) is 6.07 Å². The van der Waals surface area contributed by atoms with Crippen molar-refractivity contribution >= 4 is 0 Å². The van der Waals surface area contributed by atoms with Gasteiger partial charge < -0.3 is 10.2 Å². The summed E-state index contributed by atoms with van der Waals surface area (Å²) < 4.78 is 0. The van der Waals surface area contributed by atoms with Crippen LogP contribution in [0.4, 0.5) is 0 Å². The summed E-state index contributed by atoms with van der Waals surface area (Å²) in [5.74, 6) is 0. The lowest BCUT2D eigenvalue weighted by Crippen LogP contribution is -2.01. The Balaban J connectivity index is 3.24. The molecule has 3 heteroatoms. The van der Waals surface area contributed by atoms with Crippen LogP contribution < -0.4 is 0 Å². The summed E-state index contributed by atoms with van der Waals surface area (Å²) in [5.41, 5.74) is 3.17. The molecule has 1 aromatic rings. The van der Waals surface area contributed by atoms with Crippen LogP contribution >= 0.6 is 0 Å². The van der Waals surface area contributed by atoms with Crippen molar-refractivity contribution in [3.8, 4) is 0 Å². The van der Waals surface area contributed by atoms with Gasteiger partial charge in [-0.2, -0.15) is 0 Å². The maximum atomic E-state index is 8.97. The molecule has 1 heterocycles. The highest BCUT2D eigenvalue weighted by molar-refractivity contribution is 5.30. The van der Waals surface area contributed by atoms with Crippen LogP contribution in [0.2, 0.25) is 0 Å². The van der Waals surface area contributed by atoms with Crippen LogP contribution in [-0.2, 0) is 13.2 Å². The van der Waals surface area contributed by atoms with Gasteiger partial charge >= 0.3 is 0 Å². The minimum atomic E-state index is -0.0605. The van der Waals surface area contributed by atoms with Gasteiger partial charge in [0.05, 0.1) is 13.2 Å². The Kier molecular flexibility index (Phi) is 2.78. The van der Waals surface area contributed by atoms with Gasteiger partial charge in [0, 0.05) is 17.0 Å². The van der Waals surface area contributed by atoms with Crippen LogP contribution in [0.3, 0.4) is 0 Å². The molecule has 0 unspecified atom stereocenters. The summed E-state index contributed by atoms with van der Waals surface area (Å²) in [4.78, 5) is 4.18. The largest absolute Gasteiger partial charge is 0.392 e. The fraction of sp³-hybridized carbons (Fsp3) is 0.444. The Morgan fingerprint density at radius 3 is 2.42 bits per heavy atom. The molecule has 66 valence electrons. The Bertz CT molecular complexity index is 284. The van der Waals surface area contributed by atoms with Crippen LogP contribution in [-0.4, -0.2) is 15.2 Å². The Hall–Kier alpha value is -0.930. The van der Waals surface area contributed by atoms with E-state index in [0.717, 1.165) is 22.5 Å². The quantitative estimate of drug-likeness (QED) is 0.681. The number of aliphatic hydroxyl groups excluding tert-OH is 2. The molecular weight excluding hydrogens is 154 g/mol. The molecule has 1 rings (SSSR count). The average Bonchev–Trinajstić information content (AvgIpc) is 2.03. The third-order valence-corrected chi connectivity index (χ3v) is 1.88. The maximum Gasteiger partial charge on any atom is 0.0703 e. The smallest absolute Gasteiger partial charge is 0.0703 e. The van der Waals surface area contributed by atoms with E-state index in [1.165, 1.54) is 0 Å². The lowest BCUT2D eigenvalue weighted by Gasteiger charge is -2.08. The van der Waals surface area contributed by atoms with E-state index in [2.05, 4.69) is 4.98 Å². The molecule has 0 amide bonds. The van der Waals surface area contributed by atoms with Gasteiger partial charge in [0.1, 0.15) is 0 Å². The van der Waals surface area contributed by atoms with E-state index < -0.39 is 0 Å². The van der Waals surface area contributed by atoms with Gasteiger partial charge in [0.25, 0.3) is 0 Å². The minimum Gasteiger partial charge on any atom is -0.392 e. The molecule has 0 aliphatic carbocycles. The van der Waals surface area contributed by atoms with Crippen LogP contribution in [0.5, 0.6) is 0 Å². The fourth-order valence-corrected chi connectivity index (χ4v) is 1.29. The first-order valence-corrected chi connectivity index (χ1v) is 3.86. The lowest BCUT2D eigenvalue weighted by atomic mass is 10.1. The van der Waals surface area contributed by atoms with Crippen LogP contribution in [0.25, 0.3) is 0 Å². The van der Waals surface area contributed by atoms with E-state index in [1.807, 2.05) is 13.8 Å². The second-order valence-corrected chi connectivity index (χ2v) is 2.80. The summed E-state index contributed by atoms with van der Waals surface area (Å²) in [6.07, 6.45) is 0. The van der Waals surface area contributed by atoms with Crippen molar-refractivity contribution in [3.05, 3.63) is 28.6 Å². The predicted octanol–water partition coefficient (Wildman–Crippen LogP) is 0.683. The first-order valence-electron chi connectivity index (χ1n) is 3.86. The molecule has 0 fully saturated rings. The predicted molar refractivity (Wildman–Crippen MR) is 45.6 cm³/mol. The number of rotatable bonds is 2. The van der Waals surface area contributed by atoms with Gasteiger partial charge in [-0.1, -0.05) is 0 Å². The van der Waals surface area contributed by atoms with Crippen molar-refractivity contribution in [2.75, 3.05) is 0 Å². The Morgan fingerprint density at radius 1 is 1.25 bits per heavy atom. The number of pyridine rings is 1. The minimum absolute atomic E-state index is 0.0416. The van der Waals surface area contributed by atoms with Crippen LogP contribution in [0.1, 0.15) is 22.5 Å². The zero-order chi connectivity index (χ0) is 9.14. The third kappa shape index (κ3) is 1.62. The number of hydrogen-bond donors (Lipinski definition) is 2. The molecule has 0 aliphatic rings. The number of nitrogens with zero attached hydrogens (tertiary/aromatic N) is 1. The van der Waals surface area contributed by atoms with E-state index in [4.69, 9.17) is 10.2 Å². The zero-order valence-corrected chi connectivity index (χ0v) is 7.33. The molecule has 2 N–H and O–H groups in total. The molecular formula is C9H13NO2. The summed E-state index contributed by atoms with van der Waals surface area (Å²) in [5, 5.41) is 17.9. The molecule has 0 radical (unpaired) electrons. The third-order valence-electron chi connectivity index (χ3n) is 1.88. The molecule has 0 saturated heterocycles. The molecule has 0 aromatic carbocycles. The van der Waals surface area contributed by atoms with Crippen molar-refractivity contribution in [1.29, 1.82) is 0 Å². The topological polar surface area (TPSA) is 53.4 Å². The van der Waals surface area contributed by atoms with Gasteiger partial charge in [-0.15, -0.1) is 0 Å². The van der Waals surface area contributed by atoms with Gasteiger partial charge in [-0.25, -0.2) is 0 Å². The first-order chi connectivity index (χ1) is 5.69. The summed E-state index contributed by atoms with van der Waals surface area (Å²) in [6, 6.07) is 1.79. The molecule has 0 bridgehead atoms. The molecule has 3 nitrogen and oxygen atoms in total. The van der Waals surface area contributed by atoms with E-state index >= 15 is 0 Å². The Labute approximate surface area is 71.7 Å². The van der Waals surface area contributed by atoms with E-state index in [-0.39, 0.29) is 13.2 Å². The number of aromatic nitrogens is 1. The van der Waals surface area contributed by atoms with E-state index in [1.54, 1.807) is 6.07 Å². The van der Waals surface area contributed by atoms with Gasteiger partial charge in [0.2, 0.25) is 0 Å². The van der Waals surface area contributed by atoms with Crippen molar-refractivity contribution in [3.63, 3.8) is 0 Å². The number of aryl methyl sites for hydroxylation is 2. The lowest BCUT2D eigenvalue weighted by molar-refractivity contribution is 0.258. The molecule has 1 aromatic heterocycles. The van der Waals surface area contributed by atoms with Crippen molar-refractivity contribution in [1.82, 2.24) is 4.98 Å². The second kappa shape index (κ2) is 3.65. The average molecular weight is 167 g/mol. The van der Waals surface area contributed by atoms with Gasteiger partial charge in [-0.05, 0) is 25.5 Å². The Morgan fingerprint density at radius 2 is 1.92 bits per heavy atom. The number of aliphatic hydroxyl groups is 2. The highest BCUT2D eigenvalue weighted by Gasteiger charge is 2.05. The van der Waals surface area contributed by atoms with Crippen LogP contribution in [0, 0.1) is 13.8 Å². The van der Waals surface area contributed by atoms with Crippen molar-refractivity contribution in [2.24, 2.45) is 0 Å². The summed E-state index contributed by atoms with van der Waals surface area (Å²) in [6.45, 7) is 3.60. The van der Waals surface area contributed by atoms with Crippen molar-refractivity contribution < 1.29 is 10.2 Å². The standard InChI is InChI=1S/C9H13NO2/c1-6-3-8(4-11)9(5-12)7(2)10-6/h3,11-12H,4-5H2,1-2H3. The maximum absolute atomic E-state index is 8.97. The normalized spacial score (nSPS) is 10.3. The highest BCUT2D eigenvalue weighted by atomic mass is 16.3. The SMILES string of the molecule is Cc1cc(CO)c(CO)c(C)n1. The molecule has 0 spiro atoms. The highest BCUT2D eigenvalue weighted by Crippen LogP contribution is 2.13. The fourth-order valence-electron chi connectivity index (χ4n) is 1.29. The molecule has 12 heavy (non-hydrogen) atoms. The van der Waals surface area contributed by atoms with E-state index in [0.29, 0.717) is 0 Å². The molecule has 0 saturated carbocycles. The van der Waals surface area contributed by atoms with E-state index in [9.17, 15) is 0 Å². The molecule has 0 atom stereocenters. The van der Waals surface area contributed by atoms with Gasteiger partial charge in [0.15, 0.2) is 0 Å². The van der Waals surface area contributed by atoms with Crippen molar-refractivity contribution in [2.45, 2.75) is 27.1 Å². The number of hydrogen-bond acceptors (Lipinski definition) is 3. The van der Waals surface area contributed by atoms with Gasteiger partial charge in [-0.3, -0.25) is 4.98 Å². The first kappa shape index (κ1) is 9.16. The zero-order valence-electron chi connectivity index (χ0n) is 7.33. The monoisotopic (exact) mass is 167 g/mol. The summed E-state index contributed by atoms with van der Waals surface area (Å²) >= 11 is 0. The second-order valence-electron chi connectivity index (χ2n) is 2.80. The molecule has 0 aliphatic heterocycles.